The summed E-state index contributed by atoms with van der Waals surface area (Å²) in [5, 5.41) is 49.3. The minimum absolute atomic E-state index is 0.0288. The molecule has 3 fully saturated rings. The van der Waals surface area contributed by atoms with Crippen molar-refractivity contribution in [2.75, 3.05) is 17.7 Å². The van der Waals surface area contributed by atoms with E-state index in [1.807, 2.05) is 0 Å². The van der Waals surface area contributed by atoms with Gasteiger partial charge in [0.1, 0.15) is 23.7 Å². The summed E-state index contributed by atoms with van der Waals surface area (Å²) in [4.78, 5) is 127. The van der Waals surface area contributed by atoms with Gasteiger partial charge in [0.2, 0.25) is 11.8 Å². The topological polar surface area (TPSA) is 458 Å². The molecule has 3 aliphatic carbocycles. The van der Waals surface area contributed by atoms with Gasteiger partial charge in [-0.3, -0.25) is 43.2 Å². The summed E-state index contributed by atoms with van der Waals surface area (Å²) in [6.45, 7) is 3.26. The van der Waals surface area contributed by atoms with Crippen molar-refractivity contribution < 1.29 is 72.7 Å². The number of rotatable bonds is 6. The van der Waals surface area contributed by atoms with Crippen LogP contribution in [0.4, 0.5) is 11.4 Å². The molecule has 0 saturated heterocycles. The van der Waals surface area contributed by atoms with Crippen LogP contribution in [0.25, 0.3) is 0 Å². The Balaban J connectivity index is 1.26. The number of ketones is 1. The molecule has 1 heterocycles. The van der Waals surface area contributed by atoms with E-state index in [9.17, 15) is 58.5 Å². The maximum absolute atomic E-state index is 14.6. The zero-order valence-corrected chi connectivity index (χ0v) is 57.2. The smallest absolute Gasteiger partial charge is 0.324 e. The predicted octanol–water partition coefficient (Wildman–Crippen LogP) is -1.42. The highest BCUT2D eigenvalue weighted by atomic mass is 16.5. The fourth-order valence-electron chi connectivity index (χ4n) is 11.7. The van der Waals surface area contributed by atoms with Crippen LogP contribution in [-0.4, -0.2) is 130 Å². The van der Waals surface area contributed by atoms with Gasteiger partial charge in [0.05, 0.1) is 66.3 Å². The molecule has 3 aromatic rings. The van der Waals surface area contributed by atoms with E-state index in [0.29, 0.717) is 0 Å². The third-order valence-corrected chi connectivity index (χ3v) is 16.8. The van der Waals surface area contributed by atoms with E-state index >= 15 is 0 Å². The fourth-order valence-corrected chi connectivity index (χ4v) is 11.7. The van der Waals surface area contributed by atoms with Crippen LogP contribution in [0, 0.1) is 184 Å². The molecule has 532 valence electrons. The number of phenols is 3. The Hall–Kier alpha value is -13.9. The Kier molecular flexibility index (Phi) is 29.5. The molecule has 26 nitrogen and oxygen atoms in total. The molecule has 12 atom stereocenters. The van der Waals surface area contributed by atoms with Gasteiger partial charge in [-0.25, -0.2) is 0 Å². The first-order valence-corrected chi connectivity index (χ1v) is 32.4. The van der Waals surface area contributed by atoms with E-state index < -0.39 is 196 Å². The molecule has 4 aliphatic rings. The van der Waals surface area contributed by atoms with Gasteiger partial charge >= 0.3 is 17.9 Å². The first-order chi connectivity index (χ1) is 50.9. The number of hydrogen-bond donors (Lipinski definition) is 14. The molecule has 0 aromatic heterocycles. The van der Waals surface area contributed by atoms with Crippen molar-refractivity contribution in [3.63, 3.8) is 0 Å². The summed E-state index contributed by atoms with van der Waals surface area (Å²) in [5.74, 6) is 49.9. The number of hydrogen-bond acceptors (Lipinski definition) is 21. The predicted molar refractivity (Wildman–Crippen MR) is 386 cm³/mol. The number of phenolic OH excluding ortho intramolecular Hbond substituents is 3. The van der Waals surface area contributed by atoms with Crippen LogP contribution >= 0.6 is 0 Å². The van der Waals surface area contributed by atoms with E-state index in [0.717, 1.165) is 19.2 Å². The molecule has 7 rings (SSSR count). The lowest BCUT2D eigenvalue weighted by molar-refractivity contribution is -0.140. The summed E-state index contributed by atoms with van der Waals surface area (Å²) in [6, 6.07) is -1.83. The lowest BCUT2D eigenvalue weighted by Gasteiger charge is -2.38. The fraction of sp³-hybridized carbons (Fsp3) is 0.312. The summed E-state index contributed by atoms with van der Waals surface area (Å²) in [7, 11) is 1.13. The van der Waals surface area contributed by atoms with Crippen LogP contribution in [0.2, 0.25) is 0 Å². The lowest BCUT2D eigenvalue weighted by Crippen LogP contribution is -2.58. The van der Waals surface area contributed by atoms with Crippen molar-refractivity contribution in [1.82, 2.24) is 16.0 Å². The normalized spacial score (nSPS) is 21.7. The Labute approximate surface area is 611 Å². The second-order valence-electron chi connectivity index (χ2n) is 24.1. The number of Topliss-reactive ketones (excluding diaryl/α,β-unsaturated/α-hetero) is 1. The zero-order chi connectivity index (χ0) is 76.8. The van der Waals surface area contributed by atoms with Gasteiger partial charge < -0.3 is 90.5 Å². The first kappa shape index (κ1) is 79.4. The standard InChI is InChI=1S/C80H67N11O15/c1-4-6-8-10-12-14-16-18-20-22-24-26-28-30-105-71(94)39-49-34-56-74(97)67(36-49)90-77(100)54-44-66(63(86)47-60(54)83)89-80(103)57-35-50(40-72(95)106-31-29-27-25-23-21-19-17-15-13-11-9-7-5-2)37-68(75(57)98)91-76(99)53-43-65(62(85)46-59(53)82)88-78(101)55-33-48(38-70(93)104-3)32-51(73(55)96)41-69(92)52-42-64(87-79(56)102)61(84)45-58(52)81/h32-37,52-54,58-66,96-98H,38-47,81-86H2,1-3H3,(H,87,102)(H,88,101)(H,89,103)(H,90,100)(H,91,99). The SMILES string of the molecule is CC#CC#CC#CC#CC#CC#CC#COC(=O)Cc1cc2c(O)c(c1)C(=O)NC1CC(C(=O)Nc3cc(CC(=O)OC#CC#CC#CC#CC#CC#CC#CC)cc(c3O)C(=O)NC3CC(C(=O)Cc4cc(CC(=O)OC)cc(c4O)C(=O)NC4CC(C(=O)N2)C(N)CC4N)C(N)CC3N)C(N)CC1N. The number of carbonyl (C=O) groups excluding carboxylic acids is 9. The highest BCUT2D eigenvalue weighted by Crippen LogP contribution is 2.37. The molecule has 0 radical (unpaired) electrons. The van der Waals surface area contributed by atoms with Crippen molar-refractivity contribution >= 4 is 64.6 Å². The number of benzene rings is 3. The molecule has 106 heavy (non-hydrogen) atoms. The maximum Gasteiger partial charge on any atom is 0.324 e. The van der Waals surface area contributed by atoms with E-state index in [1.54, 1.807) is 13.8 Å². The molecule has 12 bridgehead atoms. The van der Waals surface area contributed by atoms with Crippen molar-refractivity contribution in [2.24, 2.45) is 52.2 Å². The number of fused-ring (bicyclic) bond motifs is 12. The minimum atomic E-state index is -1.24. The third kappa shape index (κ3) is 23.1. The quantitative estimate of drug-likeness (QED) is 0.0583. The van der Waals surface area contributed by atoms with E-state index in [1.165, 1.54) is 24.3 Å². The van der Waals surface area contributed by atoms with Gasteiger partial charge in [-0.2, -0.15) is 0 Å². The summed E-state index contributed by atoms with van der Waals surface area (Å²) in [6.07, 6.45) is 0.978. The van der Waals surface area contributed by atoms with Crippen molar-refractivity contribution in [3.8, 4) is 183 Å². The molecular weight excluding hydrogens is 1350 g/mol. The van der Waals surface area contributed by atoms with E-state index in [2.05, 4.69) is 193 Å². The summed E-state index contributed by atoms with van der Waals surface area (Å²) >= 11 is 0. The maximum atomic E-state index is 14.6. The number of methoxy groups -OCH3 is 1. The Morgan fingerprint density at radius 2 is 0.698 bits per heavy atom. The Morgan fingerprint density at radius 1 is 0.396 bits per heavy atom. The van der Waals surface area contributed by atoms with Crippen LogP contribution in [0.15, 0.2) is 36.4 Å². The Morgan fingerprint density at radius 3 is 1.05 bits per heavy atom. The second kappa shape index (κ2) is 39.3. The first-order valence-electron chi connectivity index (χ1n) is 32.4. The van der Waals surface area contributed by atoms with Gasteiger partial charge in [0.15, 0.2) is 11.5 Å². The number of aromatic hydroxyl groups is 3. The molecule has 3 aromatic carbocycles. The van der Waals surface area contributed by atoms with Crippen molar-refractivity contribution in [2.45, 2.75) is 132 Å². The number of ether oxygens (including phenoxy) is 3. The van der Waals surface area contributed by atoms with Crippen LogP contribution in [0.1, 0.15) is 106 Å². The number of nitrogens with two attached hydrogens (primary N) is 6. The highest BCUT2D eigenvalue weighted by molar-refractivity contribution is 6.04. The molecule has 3 saturated carbocycles. The molecule has 0 spiro atoms. The van der Waals surface area contributed by atoms with Crippen molar-refractivity contribution in [1.29, 1.82) is 0 Å². The molecule has 20 N–H and O–H groups in total. The van der Waals surface area contributed by atoms with Crippen molar-refractivity contribution in [3.05, 3.63) is 75.3 Å². The number of amides is 5. The highest BCUT2D eigenvalue weighted by Gasteiger charge is 2.43. The monoisotopic (exact) mass is 1420 g/mol. The van der Waals surface area contributed by atoms with Gasteiger partial charge in [0.25, 0.3) is 17.7 Å². The number of carbonyl (C=O) groups is 9. The number of nitrogens with one attached hydrogen (secondary N) is 5. The van der Waals surface area contributed by atoms with Gasteiger partial charge in [-0.1, -0.05) is 17.9 Å². The Bertz CT molecular complexity index is 4950. The number of anilines is 2. The molecule has 1 aliphatic heterocycles. The van der Waals surface area contributed by atoms with Gasteiger partial charge in [-0.15, -0.1) is 0 Å². The second-order valence-corrected chi connectivity index (χ2v) is 24.1. The average Bonchev–Trinajstić information content (AvgIpc) is 0.801. The summed E-state index contributed by atoms with van der Waals surface area (Å²) < 4.78 is 15.0. The van der Waals surface area contributed by atoms with Crippen LogP contribution < -0.4 is 61.0 Å². The summed E-state index contributed by atoms with van der Waals surface area (Å²) in [5.41, 5.74) is 37.3. The van der Waals surface area contributed by atoms with Gasteiger partial charge in [-0.05, 0) is 170 Å². The third-order valence-electron chi connectivity index (χ3n) is 16.8. The minimum Gasteiger partial charge on any atom is -0.507 e. The molecule has 26 heteroatoms. The molecular formula is C80H67N11O15. The average molecular weight is 1420 g/mol. The van der Waals surface area contributed by atoms with E-state index in [-0.39, 0.29) is 60.8 Å². The van der Waals surface area contributed by atoms with Gasteiger partial charge in [0, 0.05) is 143 Å². The number of esters is 3. The van der Waals surface area contributed by atoms with Crippen LogP contribution in [0.5, 0.6) is 17.2 Å². The molecule has 5 amide bonds. The largest absolute Gasteiger partial charge is 0.507 e. The van der Waals surface area contributed by atoms with Crippen LogP contribution in [0.3, 0.4) is 0 Å². The molecule has 12 unspecified atom stereocenters. The van der Waals surface area contributed by atoms with E-state index in [4.69, 9.17) is 48.6 Å². The zero-order valence-electron chi connectivity index (χ0n) is 57.2. The van der Waals surface area contributed by atoms with Crippen LogP contribution in [-0.2, 0) is 68.7 Å². The lowest BCUT2D eigenvalue weighted by atomic mass is 9.75.